The Bertz CT molecular complexity index is 1240. The van der Waals surface area contributed by atoms with Crippen LogP contribution in [0.25, 0.3) is 0 Å². The van der Waals surface area contributed by atoms with E-state index in [2.05, 4.69) is 15.6 Å². The molecule has 32 heavy (non-hydrogen) atoms. The zero-order valence-electron chi connectivity index (χ0n) is 18.1. The van der Waals surface area contributed by atoms with Crippen LogP contribution in [0.4, 0.5) is 10.2 Å². The third-order valence-corrected chi connectivity index (χ3v) is 5.27. The molecule has 0 saturated carbocycles. The van der Waals surface area contributed by atoms with Crippen molar-refractivity contribution in [2.24, 2.45) is 0 Å². The number of halogens is 1. The van der Waals surface area contributed by atoms with Crippen LogP contribution in [0, 0.1) is 26.6 Å². The highest BCUT2D eigenvalue weighted by molar-refractivity contribution is 6.03. The van der Waals surface area contributed by atoms with Gasteiger partial charge in [0.15, 0.2) is 11.5 Å². The van der Waals surface area contributed by atoms with Gasteiger partial charge in [-0.15, -0.1) is 0 Å². The van der Waals surface area contributed by atoms with Gasteiger partial charge >= 0.3 is 0 Å². The quantitative estimate of drug-likeness (QED) is 0.451. The van der Waals surface area contributed by atoms with Crippen LogP contribution in [0.5, 0.6) is 5.75 Å². The Morgan fingerprint density at radius 1 is 1.12 bits per heavy atom. The molecule has 1 N–H and O–H groups in total. The SMILES string of the molecule is Cc1cccc(OCc2c(C(=O)Nc3ccn(Cc4ccc(F)cc4)n3)noc2C)c1C. The predicted octanol–water partition coefficient (Wildman–Crippen LogP) is 4.82. The van der Waals surface area contributed by atoms with Crippen LogP contribution in [0.2, 0.25) is 0 Å². The molecule has 0 fully saturated rings. The number of aryl methyl sites for hydroxylation is 2. The van der Waals surface area contributed by atoms with Gasteiger partial charge in [-0.1, -0.05) is 29.4 Å². The topological polar surface area (TPSA) is 82.2 Å². The summed E-state index contributed by atoms with van der Waals surface area (Å²) in [5, 5.41) is 11.0. The van der Waals surface area contributed by atoms with E-state index in [1.165, 1.54) is 12.1 Å². The highest BCUT2D eigenvalue weighted by atomic mass is 19.1. The van der Waals surface area contributed by atoms with Crippen LogP contribution in [-0.2, 0) is 13.2 Å². The van der Waals surface area contributed by atoms with Crippen molar-refractivity contribution in [2.75, 3.05) is 5.32 Å². The lowest BCUT2D eigenvalue weighted by Crippen LogP contribution is -2.16. The summed E-state index contributed by atoms with van der Waals surface area (Å²) in [6, 6.07) is 13.7. The van der Waals surface area contributed by atoms with E-state index in [1.54, 1.807) is 36.0 Å². The van der Waals surface area contributed by atoms with Crippen molar-refractivity contribution in [1.29, 1.82) is 0 Å². The smallest absolute Gasteiger partial charge is 0.279 e. The van der Waals surface area contributed by atoms with Crippen LogP contribution in [0.3, 0.4) is 0 Å². The number of benzene rings is 2. The molecule has 2 aromatic carbocycles. The summed E-state index contributed by atoms with van der Waals surface area (Å²) in [5.74, 6) is 0.911. The number of nitrogens with zero attached hydrogens (tertiary/aromatic N) is 3. The van der Waals surface area contributed by atoms with E-state index in [9.17, 15) is 9.18 Å². The van der Waals surface area contributed by atoms with Gasteiger partial charge in [0.2, 0.25) is 0 Å². The Balaban J connectivity index is 1.43. The molecule has 7 nitrogen and oxygen atoms in total. The summed E-state index contributed by atoms with van der Waals surface area (Å²) in [6.45, 7) is 6.35. The van der Waals surface area contributed by atoms with Gasteiger partial charge < -0.3 is 14.6 Å². The molecule has 0 saturated heterocycles. The molecule has 4 rings (SSSR count). The van der Waals surface area contributed by atoms with Crippen molar-refractivity contribution in [1.82, 2.24) is 14.9 Å². The minimum absolute atomic E-state index is 0.154. The number of ether oxygens (including phenoxy) is 1. The van der Waals surface area contributed by atoms with Crippen molar-refractivity contribution in [3.63, 3.8) is 0 Å². The van der Waals surface area contributed by atoms with Gasteiger partial charge in [-0.25, -0.2) is 4.39 Å². The molecule has 8 heteroatoms. The van der Waals surface area contributed by atoms with Crippen LogP contribution in [0.15, 0.2) is 59.3 Å². The third-order valence-electron chi connectivity index (χ3n) is 5.27. The Morgan fingerprint density at radius 3 is 2.69 bits per heavy atom. The molecule has 2 heterocycles. The van der Waals surface area contributed by atoms with Crippen molar-refractivity contribution >= 4 is 11.7 Å². The molecule has 2 aromatic heterocycles. The molecule has 0 aliphatic heterocycles. The number of rotatable bonds is 7. The first-order valence-electron chi connectivity index (χ1n) is 10.1. The van der Waals surface area contributed by atoms with Gasteiger partial charge in [0.1, 0.15) is 23.9 Å². The second-order valence-corrected chi connectivity index (χ2v) is 7.53. The number of carbonyl (C=O) groups excluding carboxylic acids is 1. The summed E-state index contributed by atoms with van der Waals surface area (Å²) in [6.07, 6.45) is 1.73. The van der Waals surface area contributed by atoms with Gasteiger partial charge in [0.05, 0.1) is 12.1 Å². The molecule has 0 unspecified atom stereocenters. The minimum Gasteiger partial charge on any atom is -0.488 e. The zero-order chi connectivity index (χ0) is 22.7. The van der Waals surface area contributed by atoms with E-state index in [4.69, 9.17) is 9.26 Å². The molecule has 1 amide bonds. The standard InChI is InChI=1S/C24H23FN4O3/c1-15-5-4-6-21(16(15)2)31-14-20-17(3)32-28-23(20)24(30)26-22-11-12-29(27-22)13-18-7-9-19(25)10-8-18/h4-12H,13-14H2,1-3H3,(H,26,27,30). The highest BCUT2D eigenvalue weighted by Gasteiger charge is 2.21. The second kappa shape index (κ2) is 9.05. The Labute approximate surface area is 184 Å². The van der Waals surface area contributed by atoms with Crippen molar-refractivity contribution in [3.8, 4) is 5.75 Å². The molecule has 0 aliphatic carbocycles. The summed E-state index contributed by atoms with van der Waals surface area (Å²) in [5.41, 5.74) is 3.79. The van der Waals surface area contributed by atoms with Gasteiger partial charge in [-0.2, -0.15) is 5.10 Å². The normalized spacial score (nSPS) is 10.9. The molecule has 0 spiro atoms. The molecule has 4 aromatic rings. The zero-order valence-corrected chi connectivity index (χ0v) is 18.1. The van der Waals surface area contributed by atoms with E-state index < -0.39 is 5.91 Å². The number of hydrogen-bond acceptors (Lipinski definition) is 5. The summed E-state index contributed by atoms with van der Waals surface area (Å²) >= 11 is 0. The van der Waals surface area contributed by atoms with Crippen LogP contribution in [0.1, 0.15) is 38.5 Å². The fourth-order valence-corrected chi connectivity index (χ4v) is 3.24. The predicted molar refractivity (Wildman–Crippen MR) is 117 cm³/mol. The maximum absolute atomic E-state index is 13.1. The van der Waals surface area contributed by atoms with Crippen LogP contribution < -0.4 is 10.1 Å². The molecule has 0 aliphatic rings. The van der Waals surface area contributed by atoms with Gasteiger partial charge in [-0.3, -0.25) is 9.48 Å². The number of amides is 1. The van der Waals surface area contributed by atoms with Crippen LogP contribution in [-0.4, -0.2) is 20.8 Å². The Kier molecular flexibility index (Phi) is 6.02. The van der Waals surface area contributed by atoms with Gasteiger partial charge in [-0.05, 0) is 55.7 Å². The van der Waals surface area contributed by atoms with Crippen molar-refractivity contribution < 1.29 is 18.4 Å². The molecule has 164 valence electrons. The number of nitrogens with one attached hydrogen (secondary N) is 1. The third kappa shape index (κ3) is 4.69. The number of carbonyl (C=O) groups is 1. The largest absolute Gasteiger partial charge is 0.488 e. The monoisotopic (exact) mass is 434 g/mol. The molecular formula is C24H23FN4O3. The maximum atomic E-state index is 13.1. The van der Waals surface area contributed by atoms with Crippen molar-refractivity contribution in [3.05, 3.63) is 94.3 Å². The van der Waals surface area contributed by atoms with Crippen molar-refractivity contribution in [2.45, 2.75) is 33.9 Å². The summed E-state index contributed by atoms with van der Waals surface area (Å²) in [7, 11) is 0. The van der Waals surface area contributed by atoms with E-state index in [-0.39, 0.29) is 18.1 Å². The van der Waals surface area contributed by atoms with E-state index in [0.29, 0.717) is 23.7 Å². The Hall–Kier alpha value is -3.94. The van der Waals surface area contributed by atoms with E-state index >= 15 is 0 Å². The lowest BCUT2D eigenvalue weighted by Gasteiger charge is -2.11. The molecule has 0 bridgehead atoms. The Morgan fingerprint density at radius 2 is 1.91 bits per heavy atom. The van der Waals surface area contributed by atoms with E-state index in [0.717, 1.165) is 22.4 Å². The first-order chi connectivity index (χ1) is 15.4. The minimum atomic E-state index is -0.437. The van der Waals surface area contributed by atoms with Gasteiger partial charge in [0.25, 0.3) is 5.91 Å². The highest BCUT2D eigenvalue weighted by Crippen LogP contribution is 2.23. The number of anilines is 1. The summed E-state index contributed by atoms with van der Waals surface area (Å²) < 4.78 is 25.9. The fourth-order valence-electron chi connectivity index (χ4n) is 3.24. The number of hydrogen-bond donors (Lipinski definition) is 1. The van der Waals surface area contributed by atoms with Gasteiger partial charge in [0, 0.05) is 12.3 Å². The lowest BCUT2D eigenvalue weighted by molar-refractivity contribution is 0.101. The second-order valence-electron chi connectivity index (χ2n) is 7.53. The average Bonchev–Trinajstić information content (AvgIpc) is 3.37. The summed E-state index contributed by atoms with van der Waals surface area (Å²) in [4.78, 5) is 12.8. The van der Waals surface area contributed by atoms with E-state index in [1.807, 2.05) is 32.0 Å². The van der Waals surface area contributed by atoms with Crippen LogP contribution >= 0.6 is 0 Å². The number of aromatic nitrogens is 3. The first kappa shape index (κ1) is 21.3. The molecule has 0 radical (unpaired) electrons. The fraction of sp³-hybridized carbons (Fsp3) is 0.208. The first-order valence-corrected chi connectivity index (χ1v) is 10.1. The lowest BCUT2D eigenvalue weighted by atomic mass is 10.1. The maximum Gasteiger partial charge on any atom is 0.279 e. The molecule has 0 atom stereocenters. The average molecular weight is 434 g/mol. The molecular weight excluding hydrogens is 411 g/mol.